The van der Waals surface area contributed by atoms with Gasteiger partial charge in [-0.05, 0) is 44.2 Å². The maximum absolute atomic E-state index is 12.2. The molecular formula is C26H46NO5+. The standard InChI is InChI=1S/C26H45NO5/c1-7-8-9-12-15-23-20(2)21(3)24(32-23)16-13-10-11-14-17-26(30)31-22(18-25(28)29)19-27(4,5)6/h22H,7-19H2,1-6H3/p+1. The molecule has 0 saturated carbocycles. The molecule has 1 aromatic rings. The molecule has 0 aliphatic carbocycles. The molecule has 0 bridgehead atoms. The number of carboxylic acids is 1. The van der Waals surface area contributed by atoms with Crippen molar-refractivity contribution in [2.75, 3.05) is 27.7 Å². The summed E-state index contributed by atoms with van der Waals surface area (Å²) in [4.78, 5) is 23.2. The van der Waals surface area contributed by atoms with E-state index in [-0.39, 0.29) is 12.4 Å². The van der Waals surface area contributed by atoms with Crippen molar-refractivity contribution in [3.63, 3.8) is 0 Å². The van der Waals surface area contributed by atoms with Gasteiger partial charge in [0.1, 0.15) is 18.1 Å². The predicted molar refractivity (Wildman–Crippen MR) is 128 cm³/mol. The van der Waals surface area contributed by atoms with E-state index in [4.69, 9.17) is 14.3 Å². The second-order valence-corrected chi connectivity index (χ2v) is 10.1. The van der Waals surface area contributed by atoms with E-state index in [2.05, 4.69) is 20.8 Å². The van der Waals surface area contributed by atoms with Crippen LogP contribution in [0.15, 0.2) is 4.42 Å². The van der Waals surface area contributed by atoms with E-state index < -0.39 is 12.1 Å². The minimum absolute atomic E-state index is 0.149. The molecule has 0 aliphatic rings. The van der Waals surface area contributed by atoms with Gasteiger partial charge in [0.2, 0.25) is 0 Å². The Kier molecular flexibility index (Phi) is 12.7. The Hall–Kier alpha value is -1.82. The molecule has 1 N–H and O–H groups in total. The van der Waals surface area contributed by atoms with Crippen molar-refractivity contribution in [2.45, 2.75) is 104 Å². The van der Waals surface area contributed by atoms with Gasteiger partial charge in [0, 0.05) is 19.3 Å². The fraction of sp³-hybridized carbons (Fsp3) is 0.769. The van der Waals surface area contributed by atoms with Crippen LogP contribution >= 0.6 is 0 Å². The topological polar surface area (TPSA) is 76.7 Å². The summed E-state index contributed by atoms with van der Waals surface area (Å²) < 4.78 is 12.2. The highest BCUT2D eigenvalue weighted by Crippen LogP contribution is 2.25. The quantitative estimate of drug-likeness (QED) is 0.189. The Morgan fingerprint density at radius 2 is 1.44 bits per heavy atom. The monoisotopic (exact) mass is 452 g/mol. The molecule has 0 amide bonds. The van der Waals surface area contributed by atoms with Gasteiger partial charge in [-0.25, -0.2) is 0 Å². The number of hydrogen-bond acceptors (Lipinski definition) is 4. The summed E-state index contributed by atoms with van der Waals surface area (Å²) in [5, 5.41) is 9.06. The highest BCUT2D eigenvalue weighted by atomic mass is 16.5. The number of quaternary nitrogens is 1. The van der Waals surface area contributed by atoms with E-state index in [0.29, 0.717) is 17.4 Å². The van der Waals surface area contributed by atoms with Crippen molar-refractivity contribution < 1.29 is 28.3 Å². The van der Waals surface area contributed by atoms with Crippen LogP contribution in [0.1, 0.15) is 93.8 Å². The van der Waals surface area contributed by atoms with Crippen LogP contribution in [0, 0.1) is 13.8 Å². The van der Waals surface area contributed by atoms with E-state index in [1.165, 1.54) is 36.8 Å². The number of carboxylic acid groups (broad SMARTS) is 1. The lowest BCUT2D eigenvalue weighted by atomic mass is 10.0. The van der Waals surface area contributed by atoms with Crippen LogP contribution < -0.4 is 0 Å². The minimum atomic E-state index is -0.941. The average Bonchev–Trinajstić information content (AvgIpc) is 2.94. The first kappa shape index (κ1) is 28.2. The summed E-state index contributed by atoms with van der Waals surface area (Å²) in [5.41, 5.74) is 2.60. The molecule has 0 fully saturated rings. The molecule has 0 radical (unpaired) electrons. The molecule has 1 unspecified atom stereocenters. The van der Waals surface area contributed by atoms with Gasteiger partial charge in [-0.1, -0.05) is 39.0 Å². The van der Waals surface area contributed by atoms with Crippen LogP contribution in [-0.2, 0) is 27.2 Å². The lowest BCUT2D eigenvalue weighted by Gasteiger charge is -2.28. The van der Waals surface area contributed by atoms with Crippen molar-refractivity contribution in [3.05, 3.63) is 22.6 Å². The van der Waals surface area contributed by atoms with Crippen LogP contribution in [0.4, 0.5) is 0 Å². The number of unbranched alkanes of at least 4 members (excludes halogenated alkanes) is 6. The molecule has 1 heterocycles. The number of likely N-dealkylation sites (N-methyl/N-ethyl adjacent to an activating group) is 1. The fourth-order valence-corrected chi connectivity index (χ4v) is 4.01. The highest BCUT2D eigenvalue weighted by molar-refractivity contribution is 5.71. The molecule has 0 aliphatic heterocycles. The van der Waals surface area contributed by atoms with Crippen LogP contribution in [0.25, 0.3) is 0 Å². The largest absolute Gasteiger partial charge is 0.481 e. The zero-order valence-electron chi connectivity index (χ0n) is 21.3. The van der Waals surface area contributed by atoms with Gasteiger partial charge >= 0.3 is 11.9 Å². The molecule has 1 rings (SSSR count). The van der Waals surface area contributed by atoms with Gasteiger partial charge in [-0.3, -0.25) is 9.59 Å². The highest BCUT2D eigenvalue weighted by Gasteiger charge is 2.24. The minimum Gasteiger partial charge on any atom is -0.481 e. The van der Waals surface area contributed by atoms with Crippen molar-refractivity contribution in [1.29, 1.82) is 0 Å². The summed E-state index contributed by atoms with van der Waals surface area (Å²) in [7, 11) is 5.88. The molecule has 6 nitrogen and oxygen atoms in total. The second-order valence-electron chi connectivity index (χ2n) is 10.1. The molecule has 1 aromatic heterocycles. The van der Waals surface area contributed by atoms with E-state index in [1.807, 2.05) is 21.1 Å². The number of hydrogen-bond donors (Lipinski definition) is 1. The first-order valence-electron chi connectivity index (χ1n) is 12.3. The molecule has 184 valence electrons. The van der Waals surface area contributed by atoms with E-state index in [0.717, 1.165) is 50.0 Å². The number of ether oxygens (including phenoxy) is 1. The van der Waals surface area contributed by atoms with E-state index in [1.54, 1.807) is 0 Å². The smallest absolute Gasteiger partial charge is 0.307 e. The molecule has 0 saturated heterocycles. The number of carbonyl (C=O) groups excluding carboxylic acids is 1. The summed E-state index contributed by atoms with van der Waals surface area (Å²) in [6, 6.07) is 0. The Morgan fingerprint density at radius 3 is 1.94 bits per heavy atom. The molecule has 0 aromatic carbocycles. The maximum atomic E-state index is 12.2. The third-order valence-electron chi connectivity index (χ3n) is 5.89. The Balaban J connectivity index is 2.31. The maximum Gasteiger partial charge on any atom is 0.307 e. The number of rotatable bonds is 17. The van der Waals surface area contributed by atoms with Gasteiger partial charge in [0.05, 0.1) is 27.6 Å². The normalized spacial score (nSPS) is 12.7. The predicted octanol–water partition coefficient (Wildman–Crippen LogP) is 5.60. The van der Waals surface area contributed by atoms with Crippen molar-refractivity contribution >= 4 is 11.9 Å². The van der Waals surface area contributed by atoms with E-state index >= 15 is 0 Å². The molecule has 32 heavy (non-hydrogen) atoms. The summed E-state index contributed by atoms with van der Waals surface area (Å²) in [6.07, 6.45) is 10.4. The third kappa shape index (κ3) is 11.7. The van der Waals surface area contributed by atoms with Gasteiger partial charge in [-0.2, -0.15) is 0 Å². The molecule has 6 heteroatoms. The first-order chi connectivity index (χ1) is 15.0. The van der Waals surface area contributed by atoms with Crippen molar-refractivity contribution in [1.82, 2.24) is 0 Å². The summed E-state index contributed by atoms with van der Waals surface area (Å²) in [5.74, 6) is 1.03. The number of carbonyl (C=O) groups is 2. The Bertz CT molecular complexity index is 702. The Labute approximate surface area is 194 Å². The van der Waals surface area contributed by atoms with Gasteiger partial charge in [0.25, 0.3) is 0 Å². The average molecular weight is 453 g/mol. The SMILES string of the molecule is CCCCCCc1oc(CCCCCCC(=O)OC(CC(=O)O)C[N+](C)(C)C)c(C)c1C. The van der Waals surface area contributed by atoms with Gasteiger partial charge in [-0.15, -0.1) is 0 Å². The van der Waals surface area contributed by atoms with Gasteiger partial charge < -0.3 is 18.7 Å². The Morgan fingerprint density at radius 1 is 0.906 bits per heavy atom. The molecule has 0 spiro atoms. The first-order valence-corrected chi connectivity index (χ1v) is 12.3. The molecule has 1 atom stereocenters. The summed E-state index contributed by atoms with van der Waals surface area (Å²) in [6.45, 7) is 7.04. The molecular weight excluding hydrogens is 406 g/mol. The van der Waals surface area contributed by atoms with Crippen LogP contribution in [0.5, 0.6) is 0 Å². The van der Waals surface area contributed by atoms with Crippen molar-refractivity contribution in [3.8, 4) is 0 Å². The third-order valence-corrected chi connectivity index (χ3v) is 5.89. The zero-order chi connectivity index (χ0) is 24.1. The lowest BCUT2D eigenvalue weighted by molar-refractivity contribution is -0.873. The van der Waals surface area contributed by atoms with Gasteiger partial charge in [0.15, 0.2) is 6.10 Å². The van der Waals surface area contributed by atoms with Crippen LogP contribution in [0.3, 0.4) is 0 Å². The number of aliphatic carboxylic acids is 1. The number of furan rings is 1. The number of nitrogens with zero attached hydrogens (tertiary/aromatic N) is 1. The lowest BCUT2D eigenvalue weighted by Crippen LogP contribution is -2.43. The van der Waals surface area contributed by atoms with E-state index in [9.17, 15) is 9.59 Å². The second kappa shape index (κ2) is 14.4. The van der Waals surface area contributed by atoms with Crippen LogP contribution in [-0.4, -0.2) is 55.3 Å². The van der Waals surface area contributed by atoms with Crippen molar-refractivity contribution in [2.24, 2.45) is 0 Å². The number of esters is 1. The summed E-state index contributed by atoms with van der Waals surface area (Å²) >= 11 is 0. The number of aryl methyl sites for hydroxylation is 2. The fourth-order valence-electron chi connectivity index (χ4n) is 4.01. The van der Waals surface area contributed by atoms with Crippen LogP contribution in [0.2, 0.25) is 0 Å². The zero-order valence-corrected chi connectivity index (χ0v) is 21.3.